The second-order valence-electron chi connectivity index (χ2n) is 5.39. The quantitative estimate of drug-likeness (QED) is 0.831. The summed E-state index contributed by atoms with van der Waals surface area (Å²) in [5.41, 5.74) is 8.06. The fourth-order valence-corrected chi connectivity index (χ4v) is 2.81. The normalized spacial score (nSPS) is 22.9. The second-order valence-corrected chi connectivity index (χ2v) is 5.39. The fourth-order valence-electron chi connectivity index (χ4n) is 2.81. The summed E-state index contributed by atoms with van der Waals surface area (Å²) in [7, 11) is 2.23. The van der Waals surface area contributed by atoms with Gasteiger partial charge in [0.2, 0.25) is 0 Å². The van der Waals surface area contributed by atoms with Crippen molar-refractivity contribution in [1.82, 2.24) is 9.80 Å². The first-order chi connectivity index (χ1) is 8.69. The minimum absolute atomic E-state index is 0.666. The highest BCUT2D eigenvalue weighted by atomic mass is 15.2. The number of rotatable bonds is 3. The maximum Gasteiger partial charge on any atom is 0.0317 e. The molecule has 100 valence electrons. The molecule has 1 aliphatic rings. The van der Waals surface area contributed by atoms with Crippen LogP contribution in [0.2, 0.25) is 0 Å². The van der Waals surface area contributed by atoms with E-state index in [1.165, 1.54) is 38.0 Å². The van der Waals surface area contributed by atoms with Gasteiger partial charge in [0.05, 0.1) is 0 Å². The fraction of sp³-hybridized carbons (Fsp3) is 0.600. The number of anilines is 1. The van der Waals surface area contributed by atoms with E-state index in [-0.39, 0.29) is 0 Å². The third-order valence-electron chi connectivity index (χ3n) is 3.83. The van der Waals surface area contributed by atoms with Crippen molar-refractivity contribution in [3.05, 3.63) is 29.8 Å². The molecule has 0 radical (unpaired) electrons. The maximum absolute atomic E-state index is 5.86. The third kappa shape index (κ3) is 3.47. The lowest BCUT2D eigenvalue weighted by molar-refractivity contribution is 0.176. The largest absolute Gasteiger partial charge is 0.399 e. The molecule has 0 aliphatic carbocycles. The molecule has 2 N–H and O–H groups in total. The van der Waals surface area contributed by atoms with Gasteiger partial charge in [0.25, 0.3) is 0 Å². The monoisotopic (exact) mass is 247 g/mol. The van der Waals surface area contributed by atoms with E-state index in [2.05, 4.69) is 42.0 Å². The van der Waals surface area contributed by atoms with E-state index < -0.39 is 0 Å². The number of nitrogen functional groups attached to an aromatic ring is 1. The minimum atomic E-state index is 0.666. The minimum Gasteiger partial charge on any atom is -0.399 e. The van der Waals surface area contributed by atoms with Gasteiger partial charge in [-0.15, -0.1) is 0 Å². The van der Waals surface area contributed by atoms with E-state index in [9.17, 15) is 0 Å². The number of likely N-dealkylation sites (N-methyl/N-ethyl adjacent to an activating group) is 1. The van der Waals surface area contributed by atoms with Crippen molar-refractivity contribution in [2.75, 3.05) is 32.4 Å². The van der Waals surface area contributed by atoms with Crippen molar-refractivity contribution in [3.63, 3.8) is 0 Å². The van der Waals surface area contributed by atoms with Crippen molar-refractivity contribution < 1.29 is 0 Å². The van der Waals surface area contributed by atoms with Gasteiger partial charge in [-0.25, -0.2) is 0 Å². The first kappa shape index (κ1) is 13.4. The van der Waals surface area contributed by atoms with Crippen molar-refractivity contribution >= 4 is 5.69 Å². The van der Waals surface area contributed by atoms with Crippen LogP contribution in [0, 0.1) is 0 Å². The topological polar surface area (TPSA) is 32.5 Å². The van der Waals surface area contributed by atoms with Crippen LogP contribution in [-0.2, 0) is 6.54 Å². The van der Waals surface area contributed by atoms with E-state index in [4.69, 9.17) is 5.73 Å². The van der Waals surface area contributed by atoms with Crippen molar-refractivity contribution in [2.45, 2.75) is 32.4 Å². The average Bonchev–Trinajstić information content (AvgIpc) is 2.51. The van der Waals surface area contributed by atoms with E-state index in [0.717, 1.165) is 12.2 Å². The molecule has 0 saturated carbocycles. The lowest BCUT2D eigenvalue weighted by Gasteiger charge is -2.30. The molecule has 3 nitrogen and oxygen atoms in total. The number of benzene rings is 1. The standard InChI is InChI=1S/C15H25N3/c1-3-15-12-17(2)8-5-9-18(15)11-13-6-4-7-14(16)10-13/h4,6-7,10,15H,3,5,8-9,11-12,16H2,1-2H3. The SMILES string of the molecule is CCC1CN(C)CCCN1Cc1cccc(N)c1. The Kier molecular flexibility index (Phi) is 4.61. The lowest BCUT2D eigenvalue weighted by Crippen LogP contribution is -2.39. The van der Waals surface area contributed by atoms with E-state index in [0.29, 0.717) is 6.04 Å². The van der Waals surface area contributed by atoms with Crippen LogP contribution in [0.1, 0.15) is 25.3 Å². The Morgan fingerprint density at radius 1 is 1.33 bits per heavy atom. The number of nitrogens with two attached hydrogens (primary N) is 1. The summed E-state index contributed by atoms with van der Waals surface area (Å²) < 4.78 is 0. The Hall–Kier alpha value is -1.06. The first-order valence-electron chi connectivity index (χ1n) is 6.96. The zero-order valence-corrected chi connectivity index (χ0v) is 11.6. The molecule has 0 aromatic heterocycles. The zero-order valence-electron chi connectivity index (χ0n) is 11.6. The highest BCUT2D eigenvalue weighted by Gasteiger charge is 2.21. The van der Waals surface area contributed by atoms with Crippen molar-refractivity contribution in [3.8, 4) is 0 Å². The van der Waals surface area contributed by atoms with Gasteiger partial charge in [-0.3, -0.25) is 4.90 Å². The van der Waals surface area contributed by atoms with Gasteiger partial charge in [0.1, 0.15) is 0 Å². The highest BCUT2D eigenvalue weighted by molar-refractivity contribution is 5.40. The molecule has 1 fully saturated rings. The van der Waals surface area contributed by atoms with Crippen molar-refractivity contribution in [2.24, 2.45) is 0 Å². The van der Waals surface area contributed by atoms with E-state index >= 15 is 0 Å². The van der Waals surface area contributed by atoms with Gasteiger partial charge < -0.3 is 10.6 Å². The Labute approximate surface area is 111 Å². The van der Waals surface area contributed by atoms with Crippen LogP contribution >= 0.6 is 0 Å². The summed E-state index contributed by atoms with van der Waals surface area (Å²) in [5.74, 6) is 0. The van der Waals surface area contributed by atoms with Crippen molar-refractivity contribution in [1.29, 1.82) is 0 Å². The summed E-state index contributed by atoms with van der Waals surface area (Å²) >= 11 is 0. The lowest BCUT2D eigenvalue weighted by atomic mass is 10.1. The molecule has 1 unspecified atom stereocenters. The predicted molar refractivity (Wildman–Crippen MR) is 77.5 cm³/mol. The highest BCUT2D eigenvalue weighted by Crippen LogP contribution is 2.17. The zero-order chi connectivity index (χ0) is 13.0. The Balaban J connectivity index is 2.06. The van der Waals surface area contributed by atoms with Gasteiger partial charge in [-0.2, -0.15) is 0 Å². The second kappa shape index (κ2) is 6.21. The van der Waals surface area contributed by atoms with E-state index in [1.54, 1.807) is 0 Å². The summed E-state index contributed by atoms with van der Waals surface area (Å²) in [4.78, 5) is 5.06. The Morgan fingerprint density at radius 2 is 2.17 bits per heavy atom. The van der Waals surface area contributed by atoms with E-state index in [1.807, 2.05) is 6.07 Å². The van der Waals surface area contributed by atoms with Crippen LogP contribution in [0.4, 0.5) is 5.69 Å². The van der Waals surface area contributed by atoms with Crippen LogP contribution in [0.3, 0.4) is 0 Å². The van der Waals surface area contributed by atoms with Crippen LogP contribution in [0.25, 0.3) is 0 Å². The molecule has 1 aromatic carbocycles. The molecule has 1 aliphatic heterocycles. The molecular formula is C15H25N3. The van der Waals surface area contributed by atoms with Gasteiger partial charge in [0, 0.05) is 31.4 Å². The first-order valence-corrected chi connectivity index (χ1v) is 6.96. The molecular weight excluding hydrogens is 222 g/mol. The number of hydrogen-bond acceptors (Lipinski definition) is 3. The molecule has 0 spiro atoms. The third-order valence-corrected chi connectivity index (χ3v) is 3.83. The smallest absolute Gasteiger partial charge is 0.0317 e. The Bertz CT molecular complexity index is 378. The van der Waals surface area contributed by atoms with Crippen LogP contribution in [0.15, 0.2) is 24.3 Å². The molecule has 1 heterocycles. The molecule has 2 rings (SSSR count). The molecule has 1 saturated heterocycles. The Morgan fingerprint density at radius 3 is 2.89 bits per heavy atom. The van der Waals surface area contributed by atoms with Gasteiger partial charge >= 0.3 is 0 Å². The number of hydrogen-bond donors (Lipinski definition) is 1. The van der Waals surface area contributed by atoms with Gasteiger partial charge in [-0.1, -0.05) is 19.1 Å². The van der Waals surface area contributed by atoms with Crippen LogP contribution in [0.5, 0.6) is 0 Å². The summed E-state index contributed by atoms with van der Waals surface area (Å²) in [6, 6.07) is 8.95. The van der Waals surface area contributed by atoms with Gasteiger partial charge in [-0.05, 0) is 44.1 Å². The van der Waals surface area contributed by atoms with Crippen LogP contribution < -0.4 is 5.73 Å². The molecule has 3 heteroatoms. The van der Waals surface area contributed by atoms with Gasteiger partial charge in [0.15, 0.2) is 0 Å². The predicted octanol–water partition coefficient (Wildman–Crippen LogP) is 2.18. The molecule has 0 amide bonds. The summed E-state index contributed by atoms with van der Waals surface area (Å²) in [6.07, 6.45) is 2.47. The summed E-state index contributed by atoms with van der Waals surface area (Å²) in [5, 5.41) is 0. The summed E-state index contributed by atoms with van der Waals surface area (Å²) in [6.45, 7) is 6.90. The molecule has 18 heavy (non-hydrogen) atoms. The van der Waals surface area contributed by atoms with Crippen LogP contribution in [-0.4, -0.2) is 42.5 Å². The maximum atomic E-state index is 5.86. The number of nitrogens with zero attached hydrogens (tertiary/aromatic N) is 2. The molecule has 1 atom stereocenters. The molecule has 1 aromatic rings. The molecule has 0 bridgehead atoms. The average molecular weight is 247 g/mol.